The summed E-state index contributed by atoms with van der Waals surface area (Å²) in [6.07, 6.45) is 7.06. The van der Waals surface area contributed by atoms with Gasteiger partial charge in [-0.2, -0.15) is 0 Å². The summed E-state index contributed by atoms with van der Waals surface area (Å²) in [5, 5.41) is 0. The highest BCUT2D eigenvalue weighted by molar-refractivity contribution is 5.69. The molecule has 0 saturated heterocycles. The Kier molecular flexibility index (Phi) is 5.31. The monoisotopic (exact) mass is 216 g/mol. The van der Waals surface area contributed by atoms with Crippen molar-refractivity contribution < 1.29 is 0 Å². The predicted octanol–water partition coefficient (Wildman–Crippen LogP) is 5.01. The molecule has 0 aromatic heterocycles. The predicted molar refractivity (Wildman–Crippen MR) is 73.8 cm³/mol. The van der Waals surface area contributed by atoms with Crippen molar-refractivity contribution in [3.63, 3.8) is 0 Å². The number of benzene rings is 1. The van der Waals surface area contributed by atoms with Crippen LogP contribution < -0.4 is 0 Å². The molecule has 16 heavy (non-hydrogen) atoms. The van der Waals surface area contributed by atoms with Gasteiger partial charge in [-0.1, -0.05) is 51.0 Å². The van der Waals surface area contributed by atoms with Gasteiger partial charge in [0.2, 0.25) is 0 Å². The molecule has 0 bridgehead atoms. The maximum Gasteiger partial charge on any atom is -0.0166 e. The van der Waals surface area contributed by atoms with Crippen LogP contribution in [0.1, 0.15) is 57.2 Å². The highest BCUT2D eigenvalue weighted by atomic mass is 14.1. The Balaban J connectivity index is 3.23. The fourth-order valence-corrected chi connectivity index (χ4v) is 2.26. The molecule has 0 aliphatic carbocycles. The van der Waals surface area contributed by atoms with E-state index in [9.17, 15) is 0 Å². The largest absolute Gasteiger partial charge is 0.0841 e. The fraction of sp³-hybridized carbons (Fsp3) is 0.500. The number of hydrogen-bond acceptors (Lipinski definition) is 0. The average Bonchev–Trinajstić information content (AvgIpc) is 2.29. The van der Waals surface area contributed by atoms with Gasteiger partial charge in [0, 0.05) is 0 Å². The normalized spacial score (nSPS) is 11.9. The third-order valence-electron chi connectivity index (χ3n) is 3.10. The molecular formula is C16H24. The SMILES string of the molecule is C/C=C(/C)c1c(CCC)cccc1CCC. The van der Waals surface area contributed by atoms with Crippen LogP contribution in [0.25, 0.3) is 5.57 Å². The molecule has 0 nitrogen and oxygen atoms in total. The Morgan fingerprint density at radius 1 is 1.06 bits per heavy atom. The molecule has 88 valence electrons. The van der Waals surface area contributed by atoms with Crippen molar-refractivity contribution in [2.24, 2.45) is 0 Å². The van der Waals surface area contributed by atoms with E-state index >= 15 is 0 Å². The second-order valence-electron chi connectivity index (χ2n) is 4.42. The number of rotatable bonds is 5. The van der Waals surface area contributed by atoms with Gasteiger partial charge in [-0.15, -0.1) is 0 Å². The number of allylic oxidation sites excluding steroid dienone is 2. The zero-order valence-electron chi connectivity index (χ0n) is 11.1. The summed E-state index contributed by atoms with van der Waals surface area (Å²) < 4.78 is 0. The van der Waals surface area contributed by atoms with Crippen molar-refractivity contribution >= 4 is 5.57 Å². The molecule has 0 spiro atoms. The molecule has 1 rings (SSSR count). The van der Waals surface area contributed by atoms with E-state index in [1.54, 1.807) is 0 Å². The minimum absolute atomic E-state index is 1.19. The molecule has 0 N–H and O–H groups in total. The Bertz CT molecular complexity index is 334. The molecule has 0 saturated carbocycles. The summed E-state index contributed by atoms with van der Waals surface area (Å²) >= 11 is 0. The molecule has 0 aliphatic rings. The zero-order valence-corrected chi connectivity index (χ0v) is 11.1. The summed E-state index contributed by atoms with van der Waals surface area (Å²) in [7, 11) is 0. The van der Waals surface area contributed by atoms with E-state index < -0.39 is 0 Å². The van der Waals surface area contributed by atoms with Gasteiger partial charge in [-0.05, 0) is 49.0 Å². The minimum Gasteiger partial charge on any atom is -0.0841 e. The van der Waals surface area contributed by atoms with Crippen LogP contribution in [0.4, 0.5) is 0 Å². The minimum atomic E-state index is 1.19. The van der Waals surface area contributed by atoms with E-state index in [4.69, 9.17) is 0 Å². The van der Waals surface area contributed by atoms with Crippen molar-refractivity contribution in [2.75, 3.05) is 0 Å². The summed E-state index contributed by atoms with van der Waals surface area (Å²) in [5.74, 6) is 0. The molecule has 0 radical (unpaired) electrons. The zero-order chi connectivity index (χ0) is 12.0. The van der Waals surface area contributed by atoms with E-state index in [1.807, 2.05) is 0 Å². The summed E-state index contributed by atoms with van der Waals surface area (Å²) in [4.78, 5) is 0. The highest BCUT2D eigenvalue weighted by Gasteiger charge is 2.08. The third kappa shape index (κ3) is 2.98. The summed E-state index contributed by atoms with van der Waals surface area (Å²) in [6, 6.07) is 6.78. The van der Waals surface area contributed by atoms with E-state index in [-0.39, 0.29) is 0 Å². The van der Waals surface area contributed by atoms with Gasteiger partial charge >= 0.3 is 0 Å². The van der Waals surface area contributed by atoms with E-state index in [0.29, 0.717) is 0 Å². The van der Waals surface area contributed by atoms with Crippen molar-refractivity contribution in [1.82, 2.24) is 0 Å². The van der Waals surface area contributed by atoms with Crippen molar-refractivity contribution in [1.29, 1.82) is 0 Å². The van der Waals surface area contributed by atoms with Crippen molar-refractivity contribution in [3.8, 4) is 0 Å². The lowest BCUT2D eigenvalue weighted by Crippen LogP contribution is -1.98. The lowest BCUT2D eigenvalue weighted by Gasteiger charge is -2.14. The first kappa shape index (κ1) is 13.0. The second kappa shape index (κ2) is 6.52. The lowest BCUT2D eigenvalue weighted by atomic mass is 9.91. The van der Waals surface area contributed by atoms with E-state index in [1.165, 1.54) is 47.9 Å². The van der Waals surface area contributed by atoms with Crippen LogP contribution in [0.2, 0.25) is 0 Å². The van der Waals surface area contributed by atoms with Gasteiger partial charge in [-0.3, -0.25) is 0 Å². The molecule has 0 amide bonds. The van der Waals surface area contributed by atoms with E-state index in [2.05, 4.69) is 52.0 Å². The Hall–Kier alpha value is -1.04. The van der Waals surface area contributed by atoms with Crippen LogP contribution in [0, 0.1) is 0 Å². The van der Waals surface area contributed by atoms with E-state index in [0.717, 1.165) is 0 Å². The first-order valence-corrected chi connectivity index (χ1v) is 6.48. The molecule has 0 aliphatic heterocycles. The Morgan fingerprint density at radius 2 is 1.56 bits per heavy atom. The van der Waals surface area contributed by atoms with Gasteiger partial charge in [0.05, 0.1) is 0 Å². The van der Waals surface area contributed by atoms with Crippen LogP contribution in [-0.2, 0) is 12.8 Å². The molecule has 0 heteroatoms. The van der Waals surface area contributed by atoms with Gasteiger partial charge in [-0.25, -0.2) is 0 Å². The number of hydrogen-bond donors (Lipinski definition) is 0. The van der Waals surface area contributed by atoms with Gasteiger partial charge < -0.3 is 0 Å². The third-order valence-corrected chi connectivity index (χ3v) is 3.10. The Morgan fingerprint density at radius 3 is 1.94 bits per heavy atom. The molecule has 0 atom stereocenters. The average molecular weight is 216 g/mol. The van der Waals surface area contributed by atoms with Gasteiger partial charge in [0.25, 0.3) is 0 Å². The molecule has 1 aromatic rings. The molecular weight excluding hydrogens is 192 g/mol. The second-order valence-corrected chi connectivity index (χ2v) is 4.42. The van der Waals surface area contributed by atoms with Gasteiger partial charge in [0.1, 0.15) is 0 Å². The van der Waals surface area contributed by atoms with Crippen LogP contribution in [0.15, 0.2) is 24.3 Å². The number of aryl methyl sites for hydroxylation is 2. The summed E-state index contributed by atoms with van der Waals surface area (Å²) in [5.41, 5.74) is 5.97. The van der Waals surface area contributed by atoms with Crippen LogP contribution in [0.5, 0.6) is 0 Å². The molecule has 0 unspecified atom stereocenters. The van der Waals surface area contributed by atoms with Crippen molar-refractivity contribution in [3.05, 3.63) is 41.0 Å². The van der Waals surface area contributed by atoms with Crippen molar-refractivity contribution in [2.45, 2.75) is 53.4 Å². The molecule has 0 fully saturated rings. The molecule has 0 heterocycles. The maximum absolute atomic E-state index is 2.28. The lowest BCUT2D eigenvalue weighted by molar-refractivity contribution is 0.889. The van der Waals surface area contributed by atoms with Gasteiger partial charge in [0.15, 0.2) is 0 Å². The first-order chi connectivity index (χ1) is 7.74. The van der Waals surface area contributed by atoms with Crippen LogP contribution >= 0.6 is 0 Å². The smallest absolute Gasteiger partial charge is 0.0166 e. The fourth-order valence-electron chi connectivity index (χ4n) is 2.26. The Labute approximate surface area is 100 Å². The quantitative estimate of drug-likeness (QED) is 0.648. The maximum atomic E-state index is 2.28. The highest BCUT2D eigenvalue weighted by Crippen LogP contribution is 2.25. The van der Waals surface area contributed by atoms with Crippen LogP contribution in [-0.4, -0.2) is 0 Å². The topological polar surface area (TPSA) is 0 Å². The summed E-state index contributed by atoms with van der Waals surface area (Å²) in [6.45, 7) is 8.87. The van der Waals surface area contributed by atoms with Crippen LogP contribution in [0.3, 0.4) is 0 Å². The first-order valence-electron chi connectivity index (χ1n) is 6.48. The standard InChI is InChI=1S/C16H24/c1-5-9-14-11-8-12-15(10-6-2)16(14)13(4)7-3/h7-8,11-12H,5-6,9-10H2,1-4H3/b13-7-. The molecule has 1 aromatic carbocycles.